The second-order valence-corrected chi connectivity index (χ2v) is 4.51. The molecule has 1 amide bonds. The highest BCUT2D eigenvalue weighted by atomic mass is 16.5. The molecule has 2 heterocycles. The molecule has 18 heavy (non-hydrogen) atoms. The molecule has 5 nitrogen and oxygen atoms in total. The van der Waals surface area contributed by atoms with Gasteiger partial charge in [-0.15, -0.1) is 0 Å². The molecule has 0 radical (unpaired) electrons. The maximum Gasteiger partial charge on any atom is 0.263 e. The molecule has 1 aliphatic heterocycles. The summed E-state index contributed by atoms with van der Waals surface area (Å²) in [6.45, 7) is 3.06. The molecule has 1 aromatic rings. The number of hydrogen-bond donors (Lipinski definition) is 1. The van der Waals surface area contributed by atoms with Crippen LogP contribution in [0.25, 0.3) is 0 Å². The van der Waals surface area contributed by atoms with E-state index in [1.54, 1.807) is 31.5 Å². The number of carbonyl (C=O) groups is 1. The number of hydrogen-bond acceptors (Lipinski definition) is 4. The van der Waals surface area contributed by atoms with Gasteiger partial charge in [-0.25, -0.2) is 0 Å². The lowest BCUT2D eigenvalue weighted by Gasteiger charge is -2.26. The Morgan fingerprint density at radius 3 is 3.22 bits per heavy atom. The topological polar surface area (TPSA) is 68.5 Å². The van der Waals surface area contributed by atoms with Gasteiger partial charge in [0, 0.05) is 25.3 Å². The van der Waals surface area contributed by atoms with Crippen LogP contribution in [-0.2, 0) is 4.79 Å². The Bertz CT molecular complexity index is 396. The number of carbonyl (C=O) groups excluding carboxylic acids is 1. The summed E-state index contributed by atoms with van der Waals surface area (Å²) in [5.41, 5.74) is 5.67. The van der Waals surface area contributed by atoms with Gasteiger partial charge in [0.25, 0.3) is 5.91 Å². The van der Waals surface area contributed by atoms with Crippen LogP contribution < -0.4 is 10.5 Å². The van der Waals surface area contributed by atoms with Gasteiger partial charge < -0.3 is 15.4 Å². The summed E-state index contributed by atoms with van der Waals surface area (Å²) in [6.07, 6.45) is 4.79. The standard InChI is InChI=1S/C13H19N3O2/c1-10(18-12-5-2-6-15-9-12)13(17)16-7-3-4-11(16)8-14/h2,5-6,9-11H,3-4,7-8,14H2,1H3/t10-,11+/m0/s1. The van der Waals surface area contributed by atoms with Gasteiger partial charge in [-0.2, -0.15) is 0 Å². The van der Waals surface area contributed by atoms with Crippen molar-refractivity contribution in [3.63, 3.8) is 0 Å². The van der Waals surface area contributed by atoms with Gasteiger partial charge in [0.1, 0.15) is 5.75 Å². The number of pyridine rings is 1. The first-order valence-corrected chi connectivity index (χ1v) is 6.29. The fourth-order valence-electron chi connectivity index (χ4n) is 2.28. The predicted octanol–water partition coefficient (Wildman–Crippen LogP) is 0.799. The quantitative estimate of drug-likeness (QED) is 0.857. The van der Waals surface area contributed by atoms with Crippen molar-refractivity contribution in [3.8, 4) is 5.75 Å². The number of nitrogens with two attached hydrogens (primary N) is 1. The van der Waals surface area contributed by atoms with Crippen molar-refractivity contribution in [1.82, 2.24) is 9.88 Å². The summed E-state index contributed by atoms with van der Waals surface area (Å²) in [5, 5.41) is 0. The van der Waals surface area contributed by atoms with Crippen molar-refractivity contribution in [1.29, 1.82) is 0 Å². The van der Waals surface area contributed by atoms with Gasteiger partial charge in [0.15, 0.2) is 6.10 Å². The smallest absolute Gasteiger partial charge is 0.263 e. The van der Waals surface area contributed by atoms with Crippen molar-refractivity contribution in [2.75, 3.05) is 13.1 Å². The highest BCUT2D eigenvalue weighted by Crippen LogP contribution is 2.19. The second kappa shape index (κ2) is 5.82. The van der Waals surface area contributed by atoms with Crippen LogP contribution in [-0.4, -0.2) is 41.0 Å². The molecular formula is C13H19N3O2. The fraction of sp³-hybridized carbons (Fsp3) is 0.538. The van der Waals surface area contributed by atoms with E-state index in [0.717, 1.165) is 19.4 Å². The molecule has 1 fully saturated rings. The van der Waals surface area contributed by atoms with Gasteiger partial charge in [-0.05, 0) is 31.9 Å². The first kappa shape index (κ1) is 12.8. The summed E-state index contributed by atoms with van der Waals surface area (Å²) in [4.78, 5) is 18.0. The molecular weight excluding hydrogens is 230 g/mol. The molecule has 1 saturated heterocycles. The first-order valence-electron chi connectivity index (χ1n) is 6.29. The minimum atomic E-state index is -0.499. The van der Waals surface area contributed by atoms with Crippen LogP contribution in [0.15, 0.2) is 24.5 Å². The summed E-state index contributed by atoms with van der Waals surface area (Å²) in [5.74, 6) is 0.619. The number of rotatable bonds is 4. The molecule has 0 aromatic carbocycles. The number of aromatic nitrogens is 1. The minimum Gasteiger partial charge on any atom is -0.479 e. The van der Waals surface area contributed by atoms with E-state index in [0.29, 0.717) is 12.3 Å². The zero-order chi connectivity index (χ0) is 13.0. The lowest BCUT2D eigenvalue weighted by molar-refractivity contribution is -0.138. The lowest BCUT2D eigenvalue weighted by atomic mass is 10.2. The molecule has 0 unspecified atom stereocenters. The number of ether oxygens (including phenoxy) is 1. The van der Waals surface area contributed by atoms with E-state index in [1.165, 1.54) is 0 Å². The number of likely N-dealkylation sites (tertiary alicyclic amines) is 1. The highest BCUT2D eigenvalue weighted by molar-refractivity contribution is 5.81. The SMILES string of the molecule is C[C@H](Oc1cccnc1)C(=O)N1CCC[C@@H]1CN. The third-order valence-corrected chi connectivity index (χ3v) is 3.23. The van der Waals surface area contributed by atoms with Crippen LogP contribution in [0.5, 0.6) is 5.75 Å². The van der Waals surface area contributed by atoms with Gasteiger partial charge in [0.2, 0.25) is 0 Å². The van der Waals surface area contributed by atoms with Gasteiger partial charge in [-0.3, -0.25) is 9.78 Å². The van der Waals surface area contributed by atoms with Crippen molar-refractivity contribution in [2.24, 2.45) is 5.73 Å². The van der Waals surface area contributed by atoms with E-state index in [-0.39, 0.29) is 11.9 Å². The van der Waals surface area contributed by atoms with Crippen LogP contribution in [0.4, 0.5) is 0 Å². The van der Waals surface area contributed by atoms with E-state index in [1.807, 2.05) is 4.90 Å². The highest BCUT2D eigenvalue weighted by Gasteiger charge is 2.31. The largest absolute Gasteiger partial charge is 0.479 e. The first-order chi connectivity index (χ1) is 8.72. The van der Waals surface area contributed by atoms with E-state index in [2.05, 4.69) is 4.98 Å². The third kappa shape index (κ3) is 2.79. The molecule has 0 spiro atoms. The summed E-state index contributed by atoms with van der Waals surface area (Å²) >= 11 is 0. The molecule has 2 rings (SSSR count). The van der Waals surface area contributed by atoms with Crippen molar-refractivity contribution in [2.45, 2.75) is 31.9 Å². The Morgan fingerprint density at radius 2 is 2.56 bits per heavy atom. The molecule has 1 aromatic heterocycles. The van der Waals surface area contributed by atoms with Crippen LogP contribution in [0.3, 0.4) is 0 Å². The summed E-state index contributed by atoms with van der Waals surface area (Å²) in [7, 11) is 0. The Kier molecular flexibility index (Phi) is 4.15. The van der Waals surface area contributed by atoms with Crippen LogP contribution in [0.1, 0.15) is 19.8 Å². The van der Waals surface area contributed by atoms with Gasteiger partial charge in [0.05, 0.1) is 6.20 Å². The Morgan fingerprint density at radius 1 is 1.72 bits per heavy atom. The zero-order valence-corrected chi connectivity index (χ0v) is 10.6. The average Bonchev–Trinajstić information content (AvgIpc) is 2.87. The number of amides is 1. The van der Waals surface area contributed by atoms with E-state index < -0.39 is 6.10 Å². The molecule has 5 heteroatoms. The van der Waals surface area contributed by atoms with Crippen LogP contribution in [0, 0.1) is 0 Å². The van der Waals surface area contributed by atoms with Gasteiger partial charge in [-0.1, -0.05) is 0 Å². The Labute approximate surface area is 107 Å². The zero-order valence-electron chi connectivity index (χ0n) is 10.6. The van der Waals surface area contributed by atoms with Crippen molar-refractivity contribution >= 4 is 5.91 Å². The van der Waals surface area contributed by atoms with Gasteiger partial charge >= 0.3 is 0 Å². The average molecular weight is 249 g/mol. The normalized spacial score (nSPS) is 20.8. The molecule has 2 N–H and O–H groups in total. The molecule has 0 bridgehead atoms. The summed E-state index contributed by atoms with van der Waals surface area (Å²) < 4.78 is 5.59. The summed E-state index contributed by atoms with van der Waals surface area (Å²) in [6, 6.07) is 3.74. The third-order valence-electron chi connectivity index (χ3n) is 3.23. The monoisotopic (exact) mass is 249 g/mol. The fourth-order valence-corrected chi connectivity index (χ4v) is 2.28. The maximum atomic E-state index is 12.2. The van der Waals surface area contributed by atoms with Crippen LogP contribution in [0.2, 0.25) is 0 Å². The number of nitrogens with zero attached hydrogens (tertiary/aromatic N) is 2. The molecule has 0 saturated carbocycles. The predicted molar refractivity (Wildman–Crippen MR) is 68.1 cm³/mol. The minimum absolute atomic E-state index is 0.00630. The van der Waals surface area contributed by atoms with E-state index in [4.69, 9.17) is 10.5 Å². The van der Waals surface area contributed by atoms with E-state index in [9.17, 15) is 4.79 Å². The Hall–Kier alpha value is -1.62. The van der Waals surface area contributed by atoms with Crippen molar-refractivity contribution < 1.29 is 9.53 Å². The van der Waals surface area contributed by atoms with Crippen molar-refractivity contribution in [3.05, 3.63) is 24.5 Å². The maximum absolute atomic E-state index is 12.2. The van der Waals surface area contributed by atoms with E-state index >= 15 is 0 Å². The second-order valence-electron chi connectivity index (χ2n) is 4.51. The van der Waals surface area contributed by atoms with Crippen LogP contribution >= 0.6 is 0 Å². The molecule has 98 valence electrons. The molecule has 2 atom stereocenters. The molecule has 1 aliphatic rings. The molecule has 0 aliphatic carbocycles. The Balaban J connectivity index is 1.96. The lowest BCUT2D eigenvalue weighted by Crippen LogP contribution is -2.45.